The van der Waals surface area contributed by atoms with Gasteiger partial charge in [0.05, 0.1) is 0 Å². The number of aryl methyl sites for hydroxylation is 2. The lowest BCUT2D eigenvalue weighted by atomic mass is 9.96. The van der Waals surface area contributed by atoms with Gasteiger partial charge in [0.1, 0.15) is 11.2 Å². The van der Waals surface area contributed by atoms with Crippen molar-refractivity contribution in [3.05, 3.63) is 22.5 Å². The third-order valence-electron chi connectivity index (χ3n) is 2.95. The minimum atomic E-state index is -0.960. The van der Waals surface area contributed by atoms with Crippen LogP contribution < -0.4 is 0 Å². The van der Waals surface area contributed by atoms with E-state index in [1.165, 1.54) is 23.2 Å². The monoisotopic (exact) mass is 234 g/mol. The fourth-order valence-corrected chi connectivity index (χ4v) is 3.48. The van der Waals surface area contributed by atoms with Crippen molar-refractivity contribution in [1.29, 1.82) is 0 Å². The van der Waals surface area contributed by atoms with E-state index in [1.807, 2.05) is 0 Å². The zero-order valence-corrected chi connectivity index (χ0v) is 9.38. The van der Waals surface area contributed by atoms with Crippen LogP contribution in [0.5, 0.6) is 0 Å². The van der Waals surface area contributed by atoms with E-state index in [2.05, 4.69) is 9.97 Å². The van der Waals surface area contributed by atoms with Crippen LogP contribution in [0.25, 0.3) is 10.2 Å². The highest BCUT2D eigenvalue weighted by molar-refractivity contribution is 7.18. The number of aromatic nitrogens is 2. The van der Waals surface area contributed by atoms with E-state index in [-0.39, 0.29) is 5.69 Å². The average molecular weight is 234 g/mol. The minimum Gasteiger partial charge on any atom is -0.476 e. The van der Waals surface area contributed by atoms with Gasteiger partial charge in [0.25, 0.3) is 0 Å². The third-order valence-corrected chi connectivity index (χ3v) is 4.15. The second-order valence-electron chi connectivity index (χ2n) is 3.92. The molecule has 0 radical (unpaired) electrons. The molecule has 0 saturated heterocycles. The SMILES string of the molecule is O=C(O)c1ncnc2sc3c(c12)CCCC3. The molecule has 2 aromatic rings. The molecule has 0 atom stereocenters. The summed E-state index contributed by atoms with van der Waals surface area (Å²) in [6.07, 6.45) is 5.68. The van der Waals surface area contributed by atoms with Crippen molar-refractivity contribution in [3.8, 4) is 0 Å². The molecule has 82 valence electrons. The molecule has 1 aliphatic rings. The van der Waals surface area contributed by atoms with Crippen molar-refractivity contribution >= 4 is 27.5 Å². The predicted octanol–water partition coefficient (Wildman–Crippen LogP) is 2.27. The van der Waals surface area contributed by atoms with E-state index in [1.54, 1.807) is 11.3 Å². The average Bonchev–Trinajstić information content (AvgIpc) is 2.66. The number of rotatable bonds is 1. The zero-order chi connectivity index (χ0) is 11.1. The molecule has 2 aromatic heterocycles. The van der Waals surface area contributed by atoms with Gasteiger partial charge in [-0.05, 0) is 31.2 Å². The summed E-state index contributed by atoms with van der Waals surface area (Å²) in [7, 11) is 0. The molecule has 0 bridgehead atoms. The predicted molar refractivity (Wildman–Crippen MR) is 61.0 cm³/mol. The molecule has 4 nitrogen and oxygen atoms in total. The highest BCUT2D eigenvalue weighted by atomic mass is 32.1. The number of carboxylic acid groups (broad SMARTS) is 1. The molecule has 3 rings (SSSR count). The Morgan fingerprint density at radius 1 is 1.31 bits per heavy atom. The summed E-state index contributed by atoms with van der Waals surface area (Å²) < 4.78 is 0. The molecule has 0 amide bonds. The number of carbonyl (C=O) groups is 1. The first-order chi connectivity index (χ1) is 7.77. The lowest BCUT2D eigenvalue weighted by Gasteiger charge is -2.10. The summed E-state index contributed by atoms with van der Waals surface area (Å²) in [4.78, 5) is 21.3. The number of hydrogen-bond donors (Lipinski definition) is 1. The Balaban J connectivity index is 2.36. The van der Waals surface area contributed by atoms with Crippen LogP contribution in [-0.2, 0) is 12.8 Å². The summed E-state index contributed by atoms with van der Waals surface area (Å²) in [5.74, 6) is -0.960. The van der Waals surface area contributed by atoms with Gasteiger partial charge in [-0.2, -0.15) is 0 Å². The van der Waals surface area contributed by atoms with Gasteiger partial charge in [0, 0.05) is 10.3 Å². The van der Waals surface area contributed by atoms with Gasteiger partial charge >= 0.3 is 5.97 Å². The second kappa shape index (κ2) is 3.52. The molecule has 0 fully saturated rings. The summed E-state index contributed by atoms with van der Waals surface area (Å²) in [6, 6.07) is 0. The second-order valence-corrected chi connectivity index (χ2v) is 5.00. The van der Waals surface area contributed by atoms with Gasteiger partial charge < -0.3 is 5.11 Å². The molecule has 2 heterocycles. The number of carboxylic acids is 1. The molecule has 1 aliphatic carbocycles. The van der Waals surface area contributed by atoms with Gasteiger partial charge in [-0.3, -0.25) is 0 Å². The molecule has 0 unspecified atom stereocenters. The Hall–Kier alpha value is -1.49. The Labute approximate surface area is 96.0 Å². The smallest absolute Gasteiger partial charge is 0.355 e. The molecule has 5 heteroatoms. The summed E-state index contributed by atoms with van der Waals surface area (Å²) in [5.41, 5.74) is 1.33. The van der Waals surface area contributed by atoms with E-state index in [0.29, 0.717) is 0 Å². The fraction of sp³-hybridized carbons (Fsp3) is 0.364. The van der Waals surface area contributed by atoms with Gasteiger partial charge in [-0.15, -0.1) is 11.3 Å². The summed E-state index contributed by atoms with van der Waals surface area (Å²) in [6.45, 7) is 0. The quantitative estimate of drug-likeness (QED) is 0.822. The van der Waals surface area contributed by atoms with E-state index >= 15 is 0 Å². The lowest BCUT2D eigenvalue weighted by molar-refractivity contribution is 0.0692. The molecule has 0 saturated carbocycles. The molecular weight excluding hydrogens is 224 g/mol. The Bertz CT molecular complexity index is 577. The largest absolute Gasteiger partial charge is 0.476 e. The van der Waals surface area contributed by atoms with E-state index in [0.717, 1.165) is 29.5 Å². The van der Waals surface area contributed by atoms with E-state index in [4.69, 9.17) is 5.11 Å². The van der Waals surface area contributed by atoms with Crippen LogP contribution in [0.2, 0.25) is 0 Å². The van der Waals surface area contributed by atoms with Crippen molar-refractivity contribution in [2.24, 2.45) is 0 Å². The number of hydrogen-bond acceptors (Lipinski definition) is 4. The zero-order valence-electron chi connectivity index (χ0n) is 8.56. The normalized spacial score (nSPS) is 15.0. The standard InChI is InChI=1S/C11H10N2O2S/c14-11(15)9-8-6-3-1-2-4-7(6)16-10(8)13-5-12-9/h5H,1-4H2,(H,14,15). The first-order valence-electron chi connectivity index (χ1n) is 5.26. The highest BCUT2D eigenvalue weighted by Gasteiger charge is 2.22. The van der Waals surface area contributed by atoms with Crippen LogP contribution in [0, 0.1) is 0 Å². The highest BCUT2D eigenvalue weighted by Crippen LogP contribution is 2.36. The molecular formula is C11H10N2O2S. The van der Waals surface area contributed by atoms with Gasteiger partial charge in [0.2, 0.25) is 0 Å². The molecule has 0 aliphatic heterocycles. The fourth-order valence-electron chi connectivity index (χ4n) is 2.25. The van der Waals surface area contributed by atoms with Crippen LogP contribution in [-0.4, -0.2) is 21.0 Å². The van der Waals surface area contributed by atoms with Crippen molar-refractivity contribution in [1.82, 2.24) is 9.97 Å². The Morgan fingerprint density at radius 3 is 2.94 bits per heavy atom. The van der Waals surface area contributed by atoms with Crippen LogP contribution in [0.3, 0.4) is 0 Å². The molecule has 0 spiro atoms. The maximum absolute atomic E-state index is 11.1. The van der Waals surface area contributed by atoms with Crippen LogP contribution in [0.4, 0.5) is 0 Å². The maximum Gasteiger partial charge on any atom is 0.355 e. The van der Waals surface area contributed by atoms with Crippen molar-refractivity contribution < 1.29 is 9.90 Å². The summed E-state index contributed by atoms with van der Waals surface area (Å²) >= 11 is 1.62. The molecule has 16 heavy (non-hydrogen) atoms. The van der Waals surface area contributed by atoms with Gasteiger partial charge in [0.15, 0.2) is 5.69 Å². The topological polar surface area (TPSA) is 63.1 Å². The third kappa shape index (κ3) is 1.31. The molecule has 1 N–H and O–H groups in total. The maximum atomic E-state index is 11.1. The van der Waals surface area contributed by atoms with Crippen molar-refractivity contribution in [2.45, 2.75) is 25.7 Å². The Kier molecular flexibility index (Phi) is 2.14. The Morgan fingerprint density at radius 2 is 2.12 bits per heavy atom. The van der Waals surface area contributed by atoms with Crippen LogP contribution in [0.15, 0.2) is 6.33 Å². The molecule has 0 aromatic carbocycles. The first-order valence-corrected chi connectivity index (χ1v) is 6.07. The van der Waals surface area contributed by atoms with Crippen LogP contribution in [0.1, 0.15) is 33.8 Å². The summed E-state index contributed by atoms with van der Waals surface area (Å²) in [5, 5.41) is 9.89. The van der Waals surface area contributed by atoms with Gasteiger partial charge in [-0.1, -0.05) is 0 Å². The van der Waals surface area contributed by atoms with Gasteiger partial charge in [-0.25, -0.2) is 14.8 Å². The lowest BCUT2D eigenvalue weighted by Crippen LogP contribution is -2.04. The van der Waals surface area contributed by atoms with Crippen molar-refractivity contribution in [2.75, 3.05) is 0 Å². The van der Waals surface area contributed by atoms with E-state index < -0.39 is 5.97 Å². The van der Waals surface area contributed by atoms with Crippen molar-refractivity contribution in [3.63, 3.8) is 0 Å². The number of thiophene rings is 1. The number of aromatic carboxylic acids is 1. The minimum absolute atomic E-state index is 0.157. The first kappa shape index (κ1) is 9.72. The van der Waals surface area contributed by atoms with E-state index in [9.17, 15) is 4.79 Å². The van der Waals surface area contributed by atoms with Crippen LogP contribution >= 0.6 is 11.3 Å². The number of nitrogens with zero attached hydrogens (tertiary/aromatic N) is 2. The number of fused-ring (bicyclic) bond motifs is 3.